The van der Waals surface area contributed by atoms with Crippen molar-refractivity contribution in [3.8, 4) is 0 Å². The second-order valence-electron chi connectivity index (χ2n) is 20.6. The largest absolute Gasteiger partial charge is 0.347 e. The number of carbonyl (C=O) groups excluding carboxylic acids is 7. The van der Waals surface area contributed by atoms with Crippen molar-refractivity contribution in [1.82, 2.24) is 41.7 Å². The number of amides is 7. The lowest BCUT2D eigenvalue weighted by Gasteiger charge is -2.35. The second kappa shape index (κ2) is 22.6. The zero-order valence-corrected chi connectivity index (χ0v) is 41.1. The Kier molecular flexibility index (Phi) is 16.4. The number of hydrogen-bond acceptors (Lipinski definition) is 9. The number of hydrogen-bond donors (Lipinski definition) is 7. The molecule has 2 saturated carbocycles. The van der Waals surface area contributed by atoms with Gasteiger partial charge >= 0.3 is 0 Å². The Morgan fingerprint density at radius 2 is 0.986 bits per heavy atom. The first kappa shape index (κ1) is 50.1. The number of carbonyl (C=O) groups is 7. The molecule has 4 unspecified atom stereocenters. The van der Waals surface area contributed by atoms with Gasteiger partial charge in [-0.15, -0.1) is 0 Å². The van der Waals surface area contributed by atoms with Crippen molar-refractivity contribution in [3.05, 3.63) is 64.2 Å². The quantitative estimate of drug-likeness (QED) is 0.126. The first-order valence-corrected chi connectivity index (χ1v) is 26.1. The van der Waals surface area contributed by atoms with Gasteiger partial charge in [0.2, 0.25) is 35.4 Å². The fraction of sp³-hybridized carbons (Fsp3) is 0.642. The smallest absolute Gasteiger partial charge is 0.255 e. The Labute approximate surface area is 407 Å². The summed E-state index contributed by atoms with van der Waals surface area (Å²) in [5.74, 6) is -1.42. The summed E-state index contributed by atoms with van der Waals surface area (Å²) in [7, 11) is 3.44. The summed E-state index contributed by atoms with van der Waals surface area (Å²) in [6, 6.07) is 7.25. The van der Waals surface area contributed by atoms with E-state index in [1.54, 1.807) is 37.7 Å². The van der Waals surface area contributed by atoms with Gasteiger partial charge in [-0.05, 0) is 151 Å². The van der Waals surface area contributed by atoms with Crippen LogP contribution in [0.2, 0.25) is 0 Å². The van der Waals surface area contributed by atoms with Crippen molar-refractivity contribution in [3.63, 3.8) is 0 Å². The molecule has 0 spiro atoms. The molecule has 16 nitrogen and oxygen atoms in total. The maximum absolute atomic E-state index is 14.3. The molecular weight excluding hydrogens is 875 g/mol. The third-order valence-corrected chi connectivity index (χ3v) is 16.4. The molecule has 374 valence electrons. The van der Waals surface area contributed by atoms with Crippen LogP contribution in [0.5, 0.6) is 0 Å². The minimum Gasteiger partial charge on any atom is -0.347 e. The molecule has 2 aliphatic heterocycles. The molecule has 69 heavy (non-hydrogen) atoms. The molecule has 8 atom stereocenters. The van der Waals surface area contributed by atoms with Crippen LogP contribution in [0.25, 0.3) is 0 Å². The van der Waals surface area contributed by atoms with Crippen molar-refractivity contribution < 1.29 is 33.6 Å². The Balaban J connectivity index is 0.904. The highest BCUT2D eigenvalue weighted by Crippen LogP contribution is 2.39. The summed E-state index contributed by atoms with van der Waals surface area (Å²) >= 11 is 0. The molecule has 7 N–H and O–H groups in total. The zero-order valence-electron chi connectivity index (χ0n) is 41.1. The molecule has 8 rings (SSSR count). The second-order valence-corrected chi connectivity index (χ2v) is 20.6. The van der Waals surface area contributed by atoms with Gasteiger partial charge in [-0.2, -0.15) is 0 Å². The van der Waals surface area contributed by atoms with E-state index in [1.165, 1.54) is 0 Å². The van der Waals surface area contributed by atoms with Gasteiger partial charge in [0.15, 0.2) is 0 Å². The Bertz CT molecular complexity index is 2240. The molecule has 0 aromatic heterocycles. The van der Waals surface area contributed by atoms with Gasteiger partial charge in [-0.1, -0.05) is 62.8 Å². The Hall–Kier alpha value is -5.35. The normalized spacial score (nSPS) is 24.3. The van der Waals surface area contributed by atoms with E-state index in [0.29, 0.717) is 75.7 Å². The van der Waals surface area contributed by atoms with Gasteiger partial charge in [-0.25, -0.2) is 0 Å². The summed E-state index contributed by atoms with van der Waals surface area (Å²) < 4.78 is 0. The summed E-state index contributed by atoms with van der Waals surface area (Å²) in [4.78, 5) is 100. The minimum absolute atomic E-state index is 0.0281. The van der Waals surface area contributed by atoms with Gasteiger partial charge in [0.05, 0.1) is 24.2 Å². The number of anilines is 1. The molecule has 0 radical (unpaired) electrons. The summed E-state index contributed by atoms with van der Waals surface area (Å²) in [6.07, 6.45) is 14.7. The Morgan fingerprint density at radius 1 is 0.536 bits per heavy atom. The van der Waals surface area contributed by atoms with Crippen molar-refractivity contribution in [1.29, 1.82) is 0 Å². The lowest BCUT2D eigenvalue weighted by Crippen LogP contribution is -2.58. The van der Waals surface area contributed by atoms with Crippen molar-refractivity contribution in [2.75, 3.05) is 32.5 Å². The number of likely N-dealkylation sites (N-methyl/N-ethyl adjacent to an activating group) is 2. The van der Waals surface area contributed by atoms with E-state index >= 15 is 0 Å². The van der Waals surface area contributed by atoms with Crippen molar-refractivity contribution in [2.24, 2.45) is 11.8 Å². The highest BCUT2D eigenvalue weighted by molar-refractivity contribution is 6.06. The molecule has 2 heterocycles. The van der Waals surface area contributed by atoms with Crippen LogP contribution in [0.15, 0.2) is 36.4 Å². The number of nitrogens with zero attached hydrogens (tertiary/aromatic N) is 2. The molecule has 2 aromatic carbocycles. The molecule has 7 amide bonds. The van der Waals surface area contributed by atoms with Crippen LogP contribution in [-0.2, 0) is 41.6 Å². The van der Waals surface area contributed by atoms with Crippen LogP contribution in [0, 0.1) is 11.8 Å². The van der Waals surface area contributed by atoms with Crippen molar-refractivity contribution >= 4 is 47.0 Å². The monoisotopic (exact) mass is 950 g/mol. The first-order valence-electron chi connectivity index (χ1n) is 26.1. The molecule has 2 saturated heterocycles. The number of nitrogens with one attached hydrogen (secondary N) is 7. The first-order chi connectivity index (χ1) is 33.4. The van der Waals surface area contributed by atoms with Gasteiger partial charge < -0.3 is 47.0 Å². The molecule has 16 heteroatoms. The minimum atomic E-state index is -0.676. The number of likely N-dealkylation sites (tertiary alicyclic amines) is 2. The van der Waals surface area contributed by atoms with Crippen LogP contribution in [-0.4, -0.2) is 115 Å². The van der Waals surface area contributed by atoms with E-state index in [0.717, 1.165) is 86.5 Å². The number of benzene rings is 2. The third kappa shape index (κ3) is 11.0. The maximum atomic E-state index is 14.3. The fourth-order valence-corrected chi connectivity index (χ4v) is 12.1. The van der Waals surface area contributed by atoms with E-state index in [4.69, 9.17) is 0 Å². The lowest BCUT2D eigenvalue weighted by molar-refractivity contribution is -0.143. The lowest BCUT2D eigenvalue weighted by atomic mass is 9.83. The van der Waals surface area contributed by atoms with Crippen LogP contribution >= 0.6 is 0 Å². The average Bonchev–Trinajstić information content (AvgIpc) is 4.22. The summed E-state index contributed by atoms with van der Waals surface area (Å²) in [5, 5.41) is 21.7. The van der Waals surface area contributed by atoms with Crippen LogP contribution in [0.1, 0.15) is 161 Å². The van der Waals surface area contributed by atoms with E-state index in [1.807, 2.05) is 36.4 Å². The Morgan fingerprint density at radius 3 is 1.46 bits per heavy atom. The van der Waals surface area contributed by atoms with Gasteiger partial charge in [-0.3, -0.25) is 33.6 Å². The predicted molar refractivity (Wildman–Crippen MR) is 263 cm³/mol. The highest BCUT2D eigenvalue weighted by Gasteiger charge is 2.44. The molecule has 2 aromatic rings. The van der Waals surface area contributed by atoms with Gasteiger partial charge in [0.25, 0.3) is 5.91 Å². The highest BCUT2D eigenvalue weighted by atomic mass is 16.2. The van der Waals surface area contributed by atoms with Crippen LogP contribution < -0.4 is 37.2 Å². The molecule has 4 aliphatic carbocycles. The van der Waals surface area contributed by atoms with E-state index in [9.17, 15) is 33.6 Å². The molecular formula is C53H75N9O7. The molecule has 6 aliphatic rings. The number of rotatable bonds is 16. The van der Waals surface area contributed by atoms with E-state index < -0.39 is 36.3 Å². The zero-order chi connectivity index (χ0) is 48.8. The van der Waals surface area contributed by atoms with Crippen LogP contribution in [0.3, 0.4) is 0 Å². The SMILES string of the molecule is CNC(C)C(=O)NC(C(=O)N1CCC[C@H]1C(=O)N[C@@H]1CCc2c(NC(=O)c3cccc4c3CC[C@H]4NC(=O)[C@@H]3CCCN3C(=O)C(NC(=O)C(C)NC)C3CCCCC3)cccc21)C1CCCCC1. The van der Waals surface area contributed by atoms with E-state index in [2.05, 4.69) is 37.2 Å². The fourth-order valence-electron chi connectivity index (χ4n) is 12.1. The van der Waals surface area contributed by atoms with Gasteiger partial charge in [0, 0.05) is 24.3 Å². The van der Waals surface area contributed by atoms with Crippen molar-refractivity contribution in [2.45, 2.75) is 178 Å². The predicted octanol–water partition coefficient (Wildman–Crippen LogP) is 4.47. The number of fused-ring (bicyclic) bond motifs is 2. The average molecular weight is 950 g/mol. The van der Waals surface area contributed by atoms with Crippen LogP contribution in [0.4, 0.5) is 5.69 Å². The third-order valence-electron chi connectivity index (χ3n) is 16.4. The summed E-state index contributed by atoms with van der Waals surface area (Å²) in [5.41, 5.74) is 4.89. The van der Waals surface area contributed by atoms with Gasteiger partial charge in [0.1, 0.15) is 24.2 Å². The topological polar surface area (TPSA) is 210 Å². The maximum Gasteiger partial charge on any atom is 0.255 e. The standard InChI is InChI=1S/C53H75N9O7/c1-31(54-3)47(63)59-45(33-15-7-5-8-16-33)52(68)61-29-13-23-43(61)50(66)57-41-27-25-35-36(41)19-11-21-39(35)49(65)56-40-22-12-20-37-38(40)26-28-42(37)58-51(67)44-24-14-30-62(44)53(69)46(34-17-9-6-10-18-34)60-48(64)32(2)55-4/h11-12,19-22,31-34,41-46,54-55H,5-10,13-18,23-30H2,1-4H3,(H,56,65)(H,57,66)(H,58,67)(H,59,63)(H,60,64)/t31?,32?,41-,42-,43+,44+,45?,46?/m1/s1. The molecule has 4 fully saturated rings. The van der Waals surface area contributed by atoms with E-state index in [-0.39, 0.29) is 65.3 Å². The molecule has 0 bridgehead atoms. The summed E-state index contributed by atoms with van der Waals surface area (Å²) in [6.45, 7) is 4.46.